The molecule has 8 heteroatoms. The number of amides is 1. The number of nitrogens with zero attached hydrogens (tertiary/aromatic N) is 1. The Morgan fingerprint density at radius 2 is 2.21 bits per heavy atom. The first-order chi connectivity index (χ1) is 8.99. The van der Waals surface area contributed by atoms with E-state index in [4.69, 9.17) is 15.2 Å². The molecule has 0 spiro atoms. The van der Waals surface area contributed by atoms with Gasteiger partial charge in [0.05, 0.1) is 24.7 Å². The second-order valence-electron chi connectivity index (χ2n) is 3.69. The topological polar surface area (TPSA) is 117 Å². The molecule has 1 amide bonds. The molecule has 1 unspecified atom stereocenters. The van der Waals surface area contributed by atoms with Crippen LogP contribution in [-0.2, 0) is 9.53 Å². The van der Waals surface area contributed by atoms with Crippen LogP contribution < -0.4 is 15.8 Å². The molecule has 1 rings (SSSR count). The maximum absolute atomic E-state index is 11.7. The number of ether oxygens (including phenoxy) is 2. The van der Waals surface area contributed by atoms with Gasteiger partial charge in [0.1, 0.15) is 17.5 Å². The molecule has 0 fully saturated rings. The maximum atomic E-state index is 11.7. The van der Waals surface area contributed by atoms with E-state index in [1.807, 2.05) is 0 Å². The summed E-state index contributed by atoms with van der Waals surface area (Å²) in [6, 6.07) is 3.21. The number of benzene rings is 1. The van der Waals surface area contributed by atoms with Gasteiger partial charge >= 0.3 is 0 Å². The molecule has 0 bridgehead atoms. The van der Waals surface area contributed by atoms with Crippen LogP contribution in [0.25, 0.3) is 0 Å². The minimum Gasteiger partial charge on any atom is -0.496 e. The first-order valence-electron chi connectivity index (χ1n) is 5.37. The van der Waals surface area contributed by atoms with E-state index < -0.39 is 16.9 Å². The molecular formula is C11H15N3O5. The summed E-state index contributed by atoms with van der Waals surface area (Å²) in [5.41, 5.74) is 5.32. The van der Waals surface area contributed by atoms with E-state index in [2.05, 4.69) is 5.32 Å². The minimum absolute atomic E-state index is 0.0236. The zero-order valence-corrected chi connectivity index (χ0v) is 10.6. The van der Waals surface area contributed by atoms with E-state index in [1.54, 1.807) is 0 Å². The molecule has 104 valence electrons. The number of nitro groups is 1. The Kier molecular flexibility index (Phi) is 5.22. The molecule has 1 atom stereocenters. The van der Waals surface area contributed by atoms with Gasteiger partial charge in [0.2, 0.25) is 5.91 Å². The summed E-state index contributed by atoms with van der Waals surface area (Å²) >= 11 is 0. The lowest BCUT2D eigenvalue weighted by molar-refractivity contribution is -0.384. The van der Waals surface area contributed by atoms with Gasteiger partial charge in [0.15, 0.2) is 0 Å². The maximum Gasteiger partial charge on any atom is 0.296 e. The monoisotopic (exact) mass is 269 g/mol. The molecule has 8 nitrogen and oxygen atoms in total. The Morgan fingerprint density at radius 1 is 1.53 bits per heavy atom. The fraction of sp³-hybridized carbons (Fsp3) is 0.364. The van der Waals surface area contributed by atoms with Gasteiger partial charge in [0.25, 0.3) is 5.69 Å². The second-order valence-corrected chi connectivity index (χ2v) is 3.69. The number of nitrogens with two attached hydrogens (primary N) is 1. The van der Waals surface area contributed by atoms with E-state index in [1.165, 1.54) is 32.4 Å². The smallest absolute Gasteiger partial charge is 0.296 e. The highest BCUT2D eigenvalue weighted by Crippen LogP contribution is 2.28. The van der Waals surface area contributed by atoms with Crippen LogP contribution in [0.4, 0.5) is 11.4 Å². The van der Waals surface area contributed by atoms with Crippen molar-refractivity contribution in [1.82, 2.24) is 0 Å². The molecule has 3 N–H and O–H groups in total. The number of carbonyl (C=O) groups excluding carboxylic acids is 1. The van der Waals surface area contributed by atoms with Gasteiger partial charge in [0, 0.05) is 7.11 Å². The third kappa shape index (κ3) is 3.90. The van der Waals surface area contributed by atoms with Gasteiger partial charge < -0.3 is 20.5 Å². The molecule has 0 aliphatic heterocycles. The Labute approximate surface area is 109 Å². The predicted molar refractivity (Wildman–Crippen MR) is 68.1 cm³/mol. The van der Waals surface area contributed by atoms with Crippen LogP contribution in [0.2, 0.25) is 0 Å². The normalized spacial score (nSPS) is 11.7. The van der Waals surface area contributed by atoms with Crippen molar-refractivity contribution >= 4 is 17.3 Å². The molecule has 19 heavy (non-hydrogen) atoms. The molecule has 0 aliphatic rings. The Bertz CT molecular complexity index is 477. The molecule has 1 aromatic rings. The van der Waals surface area contributed by atoms with Gasteiger partial charge in [-0.25, -0.2) is 0 Å². The number of hydrogen-bond acceptors (Lipinski definition) is 6. The first kappa shape index (κ1) is 14.9. The number of anilines is 1. The molecule has 0 saturated carbocycles. The lowest BCUT2D eigenvalue weighted by Crippen LogP contribution is -2.39. The van der Waals surface area contributed by atoms with Crippen LogP contribution in [0.15, 0.2) is 18.2 Å². The standard InChI is InChI=1S/C11H15N3O5/c1-18-6-8(12)11(15)13-9-4-3-7(19-2)5-10(9)14(16)17/h3-5,8H,6,12H2,1-2H3,(H,13,15). The van der Waals surface area contributed by atoms with Crippen molar-refractivity contribution in [3.05, 3.63) is 28.3 Å². The van der Waals surface area contributed by atoms with E-state index in [9.17, 15) is 14.9 Å². The Hall–Kier alpha value is -2.19. The van der Waals surface area contributed by atoms with Crippen LogP contribution in [0.3, 0.4) is 0 Å². The van der Waals surface area contributed by atoms with Gasteiger partial charge in [-0.15, -0.1) is 0 Å². The van der Waals surface area contributed by atoms with Gasteiger partial charge in [-0.1, -0.05) is 0 Å². The Balaban J connectivity index is 2.94. The number of nitrogens with one attached hydrogen (secondary N) is 1. The van der Waals surface area contributed by atoms with Crippen LogP contribution in [0, 0.1) is 10.1 Å². The fourth-order valence-electron chi connectivity index (χ4n) is 1.38. The summed E-state index contributed by atoms with van der Waals surface area (Å²) in [5.74, 6) is -0.235. The lowest BCUT2D eigenvalue weighted by Gasteiger charge is -2.11. The van der Waals surface area contributed by atoms with Gasteiger partial charge in [-0.05, 0) is 12.1 Å². The van der Waals surface area contributed by atoms with Crippen LogP contribution in [-0.4, -0.2) is 37.7 Å². The summed E-state index contributed by atoms with van der Waals surface area (Å²) < 4.78 is 9.63. The van der Waals surface area contributed by atoms with Crippen molar-refractivity contribution in [3.8, 4) is 5.75 Å². The van der Waals surface area contributed by atoms with Crippen molar-refractivity contribution in [1.29, 1.82) is 0 Å². The molecule has 1 aromatic carbocycles. The van der Waals surface area contributed by atoms with Gasteiger partial charge in [-0.2, -0.15) is 0 Å². The number of nitro benzene ring substituents is 1. The van der Waals surface area contributed by atoms with E-state index in [-0.39, 0.29) is 18.0 Å². The summed E-state index contributed by atoms with van der Waals surface area (Å²) in [6.07, 6.45) is 0. The third-order valence-electron chi connectivity index (χ3n) is 2.34. The van der Waals surface area contributed by atoms with Crippen molar-refractivity contribution in [2.24, 2.45) is 5.73 Å². The lowest BCUT2D eigenvalue weighted by atomic mass is 10.2. The van der Waals surface area contributed by atoms with Crippen molar-refractivity contribution in [3.63, 3.8) is 0 Å². The van der Waals surface area contributed by atoms with Crippen LogP contribution in [0.1, 0.15) is 0 Å². The van der Waals surface area contributed by atoms with Crippen molar-refractivity contribution < 1.29 is 19.2 Å². The highest BCUT2D eigenvalue weighted by Gasteiger charge is 2.20. The highest BCUT2D eigenvalue weighted by atomic mass is 16.6. The zero-order valence-electron chi connectivity index (χ0n) is 10.6. The second kappa shape index (κ2) is 6.66. The summed E-state index contributed by atoms with van der Waals surface area (Å²) in [6.45, 7) is 0.0236. The van der Waals surface area contributed by atoms with E-state index in [0.29, 0.717) is 5.75 Å². The largest absolute Gasteiger partial charge is 0.496 e. The SMILES string of the molecule is COCC(N)C(=O)Nc1ccc(OC)cc1[N+](=O)[O-]. The first-order valence-corrected chi connectivity index (χ1v) is 5.37. The molecule has 0 radical (unpaired) electrons. The van der Waals surface area contributed by atoms with E-state index >= 15 is 0 Å². The summed E-state index contributed by atoms with van der Waals surface area (Å²) in [7, 11) is 2.80. The average molecular weight is 269 g/mol. The number of hydrogen-bond donors (Lipinski definition) is 2. The Morgan fingerprint density at radius 3 is 2.74 bits per heavy atom. The molecule has 0 saturated heterocycles. The van der Waals surface area contributed by atoms with Crippen LogP contribution >= 0.6 is 0 Å². The number of carbonyl (C=O) groups is 1. The molecule has 0 heterocycles. The van der Waals surface area contributed by atoms with Gasteiger partial charge in [-0.3, -0.25) is 14.9 Å². The van der Waals surface area contributed by atoms with Crippen molar-refractivity contribution in [2.45, 2.75) is 6.04 Å². The quantitative estimate of drug-likeness (QED) is 0.574. The molecular weight excluding hydrogens is 254 g/mol. The summed E-state index contributed by atoms with van der Waals surface area (Å²) in [4.78, 5) is 22.0. The van der Waals surface area contributed by atoms with Crippen LogP contribution in [0.5, 0.6) is 5.75 Å². The highest BCUT2D eigenvalue weighted by molar-refractivity contribution is 5.96. The molecule has 0 aromatic heterocycles. The number of rotatable bonds is 6. The third-order valence-corrected chi connectivity index (χ3v) is 2.34. The minimum atomic E-state index is -0.897. The number of methoxy groups -OCH3 is 2. The van der Waals surface area contributed by atoms with Crippen molar-refractivity contribution in [2.75, 3.05) is 26.1 Å². The molecule has 0 aliphatic carbocycles. The van der Waals surface area contributed by atoms with E-state index in [0.717, 1.165) is 0 Å². The predicted octanol–water partition coefficient (Wildman–Crippen LogP) is 0.516. The fourth-order valence-corrected chi connectivity index (χ4v) is 1.38. The summed E-state index contributed by atoms with van der Waals surface area (Å²) in [5, 5.41) is 13.3. The zero-order chi connectivity index (χ0) is 14.4. The average Bonchev–Trinajstić information content (AvgIpc) is 2.39.